The Balaban J connectivity index is 1.17. The van der Waals surface area contributed by atoms with E-state index < -0.39 is 5.41 Å². The summed E-state index contributed by atoms with van der Waals surface area (Å²) < 4.78 is 6.38. The predicted octanol–water partition coefficient (Wildman–Crippen LogP) is 13.4. The van der Waals surface area contributed by atoms with Gasteiger partial charge in [0.2, 0.25) is 0 Å². The minimum absolute atomic E-state index is 0.534. The van der Waals surface area contributed by atoms with Crippen LogP contribution in [0.5, 0.6) is 0 Å². The summed E-state index contributed by atoms with van der Waals surface area (Å²) in [4.78, 5) is 10.5. The molecule has 0 unspecified atom stereocenters. The molecule has 0 fully saturated rings. The Morgan fingerprint density at radius 2 is 0.946 bits per heavy atom. The van der Waals surface area contributed by atoms with Crippen molar-refractivity contribution in [2.45, 2.75) is 5.41 Å². The third-order valence-electron chi connectivity index (χ3n) is 11.9. The monoisotopic (exact) mass is 712 g/mol. The normalized spacial score (nSPS) is 13.1. The molecule has 0 radical (unpaired) electrons. The summed E-state index contributed by atoms with van der Waals surface area (Å²) in [5.74, 6) is 0.708. The van der Waals surface area contributed by atoms with Gasteiger partial charge in [-0.15, -0.1) is 0 Å². The summed E-state index contributed by atoms with van der Waals surface area (Å²) >= 11 is 0. The van der Waals surface area contributed by atoms with E-state index in [0.717, 1.165) is 61.1 Å². The Morgan fingerprint density at radius 3 is 1.73 bits per heavy atom. The molecule has 260 valence electrons. The molecule has 10 aromatic rings. The topological polar surface area (TPSA) is 38.9 Å². The maximum absolute atomic E-state index is 6.38. The summed E-state index contributed by atoms with van der Waals surface area (Å²) in [6, 6.07) is 69.6. The Morgan fingerprint density at radius 1 is 0.357 bits per heavy atom. The van der Waals surface area contributed by atoms with Crippen molar-refractivity contribution in [3.8, 4) is 67.3 Å². The highest BCUT2D eigenvalue weighted by atomic mass is 16.3. The lowest BCUT2D eigenvalue weighted by atomic mass is 9.70. The molecule has 0 saturated carbocycles. The van der Waals surface area contributed by atoms with Crippen LogP contribution < -0.4 is 0 Å². The number of fused-ring (bicyclic) bond motifs is 13. The molecule has 3 heteroatoms. The molecule has 3 nitrogen and oxygen atoms in total. The van der Waals surface area contributed by atoms with Crippen LogP contribution in [0.15, 0.2) is 199 Å². The SMILES string of the molecule is c1ccc(-c2cc(-c3cccc4c3-c3ccc(-c5cccc6oc7ccccc7c56)cc3C43c4ccccc4-c4ccccc43)nc(-c3ccccc3)n2)cc1. The quantitative estimate of drug-likeness (QED) is 0.182. The molecule has 0 atom stereocenters. The Kier molecular flexibility index (Phi) is 6.55. The van der Waals surface area contributed by atoms with Crippen molar-refractivity contribution >= 4 is 21.9 Å². The fraction of sp³-hybridized carbons (Fsp3) is 0.0189. The first-order chi connectivity index (χ1) is 27.8. The number of nitrogens with zero attached hydrogens (tertiary/aromatic N) is 2. The van der Waals surface area contributed by atoms with Crippen molar-refractivity contribution in [3.05, 3.63) is 216 Å². The predicted molar refractivity (Wildman–Crippen MR) is 227 cm³/mol. The van der Waals surface area contributed by atoms with Crippen LogP contribution in [0, 0.1) is 0 Å². The Bertz CT molecular complexity index is 3090. The summed E-state index contributed by atoms with van der Waals surface area (Å²) in [6.07, 6.45) is 0. The van der Waals surface area contributed by atoms with Gasteiger partial charge < -0.3 is 4.42 Å². The number of benzene rings is 8. The van der Waals surface area contributed by atoms with E-state index in [1.807, 2.05) is 30.3 Å². The molecular formula is C53H32N2O. The molecule has 56 heavy (non-hydrogen) atoms. The van der Waals surface area contributed by atoms with E-state index in [1.54, 1.807) is 0 Å². The van der Waals surface area contributed by atoms with Crippen molar-refractivity contribution in [3.63, 3.8) is 0 Å². The van der Waals surface area contributed by atoms with Crippen molar-refractivity contribution in [2.75, 3.05) is 0 Å². The molecule has 12 rings (SSSR count). The largest absolute Gasteiger partial charge is 0.456 e. The van der Waals surface area contributed by atoms with Gasteiger partial charge in [-0.1, -0.05) is 170 Å². The maximum atomic E-state index is 6.38. The first kappa shape index (κ1) is 31.0. The Labute approximate surface area is 324 Å². The smallest absolute Gasteiger partial charge is 0.160 e. The van der Waals surface area contributed by atoms with Gasteiger partial charge in [0.1, 0.15) is 11.2 Å². The highest BCUT2D eigenvalue weighted by molar-refractivity contribution is 6.13. The standard InChI is InChI=1S/C53H32N2O/c1-3-15-33(16-4-1)46-32-47(55-52(54-46)34-17-5-2-6-18-34)40-23-13-26-44-50(40)39-30-29-35(36-22-14-28-49-51(36)41-21-9-12-27-48(41)56-49)31-45(39)53(44)42-24-10-7-19-37(42)38-20-8-11-25-43(38)53/h1-32H. The molecule has 2 aliphatic carbocycles. The van der Waals surface area contributed by atoms with Crippen LogP contribution in [0.3, 0.4) is 0 Å². The van der Waals surface area contributed by atoms with Gasteiger partial charge in [0.15, 0.2) is 5.82 Å². The zero-order valence-corrected chi connectivity index (χ0v) is 30.3. The molecule has 1 spiro atoms. The number of rotatable bonds is 4. The minimum Gasteiger partial charge on any atom is -0.456 e. The van der Waals surface area contributed by atoms with Gasteiger partial charge in [0, 0.05) is 27.5 Å². The number of hydrogen-bond donors (Lipinski definition) is 0. The van der Waals surface area contributed by atoms with E-state index >= 15 is 0 Å². The average Bonchev–Trinajstić information content (AvgIpc) is 3.91. The van der Waals surface area contributed by atoms with Gasteiger partial charge in [-0.05, 0) is 79.9 Å². The second kappa shape index (κ2) is 11.8. The van der Waals surface area contributed by atoms with E-state index in [4.69, 9.17) is 14.4 Å². The number of para-hydroxylation sites is 1. The Hall–Kier alpha value is -7.36. The van der Waals surface area contributed by atoms with E-state index in [9.17, 15) is 0 Å². The minimum atomic E-state index is -0.534. The molecule has 2 heterocycles. The van der Waals surface area contributed by atoms with Crippen LogP contribution in [0.25, 0.3) is 89.2 Å². The van der Waals surface area contributed by atoms with E-state index in [-0.39, 0.29) is 0 Å². The fourth-order valence-corrected chi connectivity index (χ4v) is 9.64. The third kappa shape index (κ3) is 4.28. The summed E-state index contributed by atoms with van der Waals surface area (Å²) in [7, 11) is 0. The molecule has 0 N–H and O–H groups in total. The number of aromatic nitrogens is 2. The van der Waals surface area contributed by atoms with Crippen LogP contribution in [0.2, 0.25) is 0 Å². The maximum Gasteiger partial charge on any atom is 0.160 e. The number of hydrogen-bond acceptors (Lipinski definition) is 3. The molecule has 0 aliphatic heterocycles. The fourth-order valence-electron chi connectivity index (χ4n) is 9.64. The second-order valence-electron chi connectivity index (χ2n) is 14.8. The van der Waals surface area contributed by atoms with Gasteiger partial charge in [-0.25, -0.2) is 9.97 Å². The van der Waals surface area contributed by atoms with Crippen molar-refractivity contribution in [1.29, 1.82) is 0 Å². The molecular weight excluding hydrogens is 681 g/mol. The van der Waals surface area contributed by atoms with Crippen LogP contribution >= 0.6 is 0 Å². The van der Waals surface area contributed by atoms with E-state index in [0.29, 0.717) is 5.82 Å². The lowest BCUT2D eigenvalue weighted by Crippen LogP contribution is -2.25. The van der Waals surface area contributed by atoms with Gasteiger partial charge in [0.05, 0.1) is 16.8 Å². The number of furan rings is 1. The molecule has 2 aliphatic rings. The zero-order chi connectivity index (χ0) is 36.8. The average molecular weight is 713 g/mol. The molecule has 0 amide bonds. The van der Waals surface area contributed by atoms with Crippen molar-refractivity contribution in [2.24, 2.45) is 0 Å². The van der Waals surface area contributed by atoms with E-state index in [2.05, 4.69) is 164 Å². The van der Waals surface area contributed by atoms with Crippen molar-refractivity contribution < 1.29 is 4.42 Å². The molecule has 2 aromatic heterocycles. The lowest BCUT2D eigenvalue weighted by Gasteiger charge is -2.31. The highest BCUT2D eigenvalue weighted by Crippen LogP contribution is 2.64. The summed E-state index contributed by atoms with van der Waals surface area (Å²) in [5.41, 5.74) is 18.7. The molecule has 8 aromatic carbocycles. The molecule has 0 saturated heterocycles. The highest BCUT2D eigenvalue weighted by Gasteiger charge is 2.52. The zero-order valence-electron chi connectivity index (χ0n) is 30.3. The summed E-state index contributed by atoms with van der Waals surface area (Å²) in [5, 5.41) is 2.27. The van der Waals surface area contributed by atoms with Gasteiger partial charge >= 0.3 is 0 Å². The van der Waals surface area contributed by atoms with Crippen molar-refractivity contribution in [1.82, 2.24) is 9.97 Å². The van der Waals surface area contributed by atoms with Gasteiger partial charge in [-0.3, -0.25) is 0 Å². The lowest BCUT2D eigenvalue weighted by molar-refractivity contribution is 0.669. The second-order valence-corrected chi connectivity index (χ2v) is 14.8. The molecule has 0 bridgehead atoms. The van der Waals surface area contributed by atoms with E-state index in [1.165, 1.54) is 44.5 Å². The van der Waals surface area contributed by atoms with Crippen LogP contribution in [-0.2, 0) is 5.41 Å². The summed E-state index contributed by atoms with van der Waals surface area (Å²) in [6.45, 7) is 0. The van der Waals surface area contributed by atoms with Crippen LogP contribution in [-0.4, -0.2) is 9.97 Å². The first-order valence-corrected chi connectivity index (χ1v) is 19.2. The van der Waals surface area contributed by atoms with Gasteiger partial charge in [-0.2, -0.15) is 0 Å². The van der Waals surface area contributed by atoms with Crippen LogP contribution in [0.4, 0.5) is 0 Å². The third-order valence-corrected chi connectivity index (χ3v) is 11.9. The van der Waals surface area contributed by atoms with Crippen LogP contribution in [0.1, 0.15) is 22.3 Å². The van der Waals surface area contributed by atoms with Gasteiger partial charge in [0.25, 0.3) is 0 Å². The first-order valence-electron chi connectivity index (χ1n) is 19.2.